The van der Waals surface area contributed by atoms with E-state index in [1.807, 2.05) is 18.0 Å². The van der Waals surface area contributed by atoms with Crippen molar-refractivity contribution in [3.63, 3.8) is 0 Å². The van der Waals surface area contributed by atoms with Crippen molar-refractivity contribution >= 4 is 11.8 Å². The zero-order valence-electron chi connectivity index (χ0n) is 20.6. The maximum absolute atomic E-state index is 5.92. The third-order valence-corrected chi connectivity index (χ3v) is 6.97. The highest BCUT2D eigenvalue weighted by molar-refractivity contribution is 7.99. The Labute approximate surface area is 202 Å². The van der Waals surface area contributed by atoms with Crippen LogP contribution in [0.5, 0.6) is 5.75 Å². The molecule has 0 aliphatic carbocycles. The number of aromatic nitrogens is 1. The summed E-state index contributed by atoms with van der Waals surface area (Å²) in [7, 11) is 0. The topological polar surface area (TPSA) is 22.1 Å². The highest BCUT2D eigenvalue weighted by Crippen LogP contribution is 2.25. The van der Waals surface area contributed by atoms with Crippen LogP contribution in [0.1, 0.15) is 104 Å². The molecule has 0 spiro atoms. The number of hydrogen-bond acceptors (Lipinski definition) is 3. The summed E-state index contributed by atoms with van der Waals surface area (Å²) in [5, 5.41) is 1.13. The molecule has 2 rings (SSSR count). The summed E-state index contributed by atoms with van der Waals surface area (Å²) in [6.45, 7) is 5.36. The van der Waals surface area contributed by atoms with Gasteiger partial charge < -0.3 is 4.74 Å². The smallest absolute Gasteiger partial charge is 0.119 e. The van der Waals surface area contributed by atoms with Gasteiger partial charge in [0.1, 0.15) is 5.75 Å². The van der Waals surface area contributed by atoms with Gasteiger partial charge in [0.2, 0.25) is 0 Å². The standard InChI is InChI=1S/C29H45NOS/c1-3-5-7-9-11-13-15-23-31-28-20-17-26(18-21-28)27-19-22-29(30-25-27)32-24-16-14-12-10-8-6-4-2/h17-22,25H,3-16,23-24H2,1-2H3. The minimum absolute atomic E-state index is 0.819. The van der Waals surface area contributed by atoms with Crippen molar-refractivity contribution in [1.29, 1.82) is 0 Å². The summed E-state index contributed by atoms with van der Waals surface area (Å²) in [6, 6.07) is 12.8. The molecule has 0 aliphatic heterocycles. The van der Waals surface area contributed by atoms with Crippen LogP contribution in [-0.4, -0.2) is 17.3 Å². The van der Waals surface area contributed by atoms with Gasteiger partial charge >= 0.3 is 0 Å². The number of thioether (sulfide) groups is 1. The third-order valence-electron chi connectivity index (χ3n) is 5.94. The van der Waals surface area contributed by atoms with Crippen LogP contribution >= 0.6 is 11.8 Å². The summed E-state index contributed by atoms with van der Waals surface area (Å²) < 4.78 is 5.92. The average molecular weight is 456 g/mol. The monoisotopic (exact) mass is 455 g/mol. The zero-order valence-corrected chi connectivity index (χ0v) is 21.4. The van der Waals surface area contributed by atoms with Gasteiger partial charge in [0.15, 0.2) is 0 Å². The van der Waals surface area contributed by atoms with Crippen molar-refractivity contribution < 1.29 is 4.74 Å². The first-order valence-corrected chi connectivity index (χ1v) is 14.1. The fourth-order valence-corrected chi connectivity index (χ4v) is 4.71. The predicted octanol–water partition coefficient (Wildman–Crippen LogP) is 9.72. The van der Waals surface area contributed by atoms with E-state index in [1.165, 1.54) is 100 Å². The van der Waals surface area contributed by atoms with Crippen LogP contribution in [0.2, 0.25) is 0 Å². The quantitative estimate of drug-likeness (QED) is 0.155. The second-order valence-electron chi connectivity index (χ2n) is 8.85. The molecule has 1 aromatic heterocycles. The maximum atomic E-state index is 5.92. The van der Waals surface area contributed by atoms with E-state index in [1.54, 1.807) is 0 Å². The van der Waals surface area contributed by atoms with Gasteiger partial charge in [-0.1, -0.05) is 109 Å². The van der Waals surface area contributed by atoms with Crippen molar-refractivity contribution in [3.05, 3.63) is 42.6 Å². The maximum Gasteiger partial charge on any atom is 0.119 e. The Morgan fingerprint density at radius 1 is 0.625 bits per heavy atom. The van der Waals surface area contributed by atoms with Crippen LogP contribution in [0.25, 0.3) is 11.1 Å². The van der Waals surface area contributed by atoms with E-state index in [4.69, 9.17) is 4.74 Å². The Bertz CT molecular complexity index is 622. The number of benzene rings is 1. The van der Waals surface area contributed by atoms with Gasteiger partial charge in [-0.3, -0.25) is 0 Å². The molecule has 2 aromatic rings. The number of ether oxygens (including phenoxy) is 1. The molecular weight excluding hydrogens is 410 g/mol. The minimum Gasteiger partial charge on any atom is -0.494 e. The zero-order chi connectivity index (χ0) is 22.7. The van der Waals surface area contributed by atoms with Gasteiger partial charge in [-0.25, -0.2) is 4.98 Å². The molecule has 0 N–H and O–H groups in total. The summed E-state index contributed by atoms with van der Waals surface area (Å²) >= 11 is 1.88. The first-order chi connectivity index (χ1) is 15.8. The lowest BCUT2D eigenvalue weighted by Crippen LogP contribution is -1.97. The van der Waals surface area contributed by atoms with Gasteiger partial charge in [0.05, 0.1) is 11.6 Å². The molecule has 0 saturated carbocycles. The lowest BCUT2D eigenvalue weighted by Gasteiger charge is -2.08. The van der Waals surface area contributed by atoms with Crippen LogP contribution in [0.3, 0.4) is 0 Å². The highest BCUT2D eigenvalue weighted by Gasteiger charge is 2.02. The van der Waals surface area contributed by atoms with Crippen molar-refractivity contribution in [2.24, 2.45) is 0 Å². The van der Waals surface area contributed by atoms with Gasteiger partial charge in [-0.05, 0) is 42.4 Å². The molecule has 0 radical (unpaired) electrons. The third kappa shape index (κ3) is 11.9. The molecular formula is C29H45NOS. The van der Waals surface area contributed by atoms with Crippen LogP contribution in [0.4, 0.5) is 0 Å². The van der Waals surface area contributed by atoms with Crippen LogP contribution in [0, 0.1) is 0 Å². The van der Waals surface area contributed by atoms with E-state index in [2.05, 4.69) is 55.2 Å². The Kier molecular flexibility index (Phi) is 15.1. The molecule has 0 amide bonds. The largest absolute Gasteiger partial charge is 0.494 e. The fourth-order valence-electron chi connectivity index (χ4n) is 3.87. The van der Waals surface area contributed by atoms with Gasteiger partial charge in [0.25, 0.3) is 0 Å². The van der Waals surface area contributed by atoms with E-state index >= 15 is 0 Å². The SMILES string of the molecule is CCCCCCCCCOc1ccc(-c2ccc(SCCCCCCCCC)nc2)cc1. The van der Waals surface area contributed by atoms with E-state index < -0.39 is 0 Å². The molecule has 0 saturated heterocycles. The molecule has 1 heterocycles. The summed E-state index contributed by atoms with van der Waals surface area (Å²) in [4.78, 5) is 4.66. The molecule has 2 nitrogen and oxygen atoms in total. The second kappa shape index (κ2) is 18.0. The van der Waals surface area contributed by atoms with Crippen molar-refractivity contribution in [1.82, 2.24) is 4.98 Å². The van der Waals surface area contributed by atoms with Gasteiger partial charge in [-0.15, -0.1) is 11.8 Å². The lowest BCUT2D eigenvalue weighted by molar-refractivity contribution is 0.304. The summed E-state index contributed by atoms with van der Waals surface area (Å²) in [5.74, 6) is 2.14. The molecule has 32 heavy (non-hydrogen) atoms. The fraction of sp³-hybridized carbons (Fsp3) is 0.621. The second-order valence-corrected chi connectivity index (χ2v) is 9.96. The molecule has 0 bridgehead atoms. The molecule has 3 heteroatoms. The number of nitrogens with zero attached hydrogens (tertiary/aromatic N) is 1. The van der Waals surface area contributed by atoms with E-state index in [9.17, 15) is 0 Å². The Hall–Kier alpha value is -1.48. The summed E-state index contributed by atoms with van der Waals surface area (Å²) in [5.41, 5.74) is 2.37. The van der Waals surface area contributed by atoms with Gasteiger partial charge in [-0.2, -0.15) is 0 Å². The Morgan fingerprint density at radius 3 is 1.78 bits per heavy atom. The van der Waals surface area contributed by atoms with Crippen molar-refractivity contribution in [2.45, 2.75) is 109 Å². The van der Waals surface area contributed by atoms with Crippen molar-refractivity contribution in [3.8, 4) is 16.9 Å². The first kappa shape index (κ1) is 26.8. The van der Waals surface area contributed by atoms with Crippen molar-refractivity contribution in [2.75, 3.05) is 12.4 Å². The average Bonchev–Trinajstić information content (AvgIpc) is 2.83. The molecule has 0 unspecified atom stereocenters. The molecule has 0 fully saturated rings. The van der Waals surface area contributed by atoms with E-state index in [-0.39, 0.29) is 0 Å². The highest BCUT2D eigenvalue weighted by atomic mass is 32.2. The van der Waals surface area contributed by atoms with Crippen LogP contribution in [0.15, 0.2) is 47.6 Å². The van der Waals surface area contributed by atoms with Crippen LogP contribution in [-0.2, 0) is 0 Å². The Balaban J connectivity index is 1.61. The number of rotatable bonds is 19. The molecule has 0 atom stereocenters. The Morgan fingerprint density at radius 2 is 1.19 bits per heavy atom. The lowest BCUT2D eigenvalue weighted by atomic mass is 10.1. The molecule has 178 valence electrons. The van der Waals surface area contributed by atoms with E-state index in [0.29, 0.717) is 0 Å². The normalized spacial score (nSPS) is 11.1. The molecule has 1 aromatic carbocycles. The first-order valence-electron chi connectivity index (χ1n) is 13.2. The number of unbranched alkanes of at least 4 members (excludes halogenated alkanes) is 12. The van der Waals surface area contributed by atoms with Gasteiger partial charge in [0, 0.05) is 11.8 Å². The number of hydrogen-bond donors (Lipinski definition) is 0. The van der Waals surface area contributed by atoms with Crippen LogP contribution < -0.4 is 4.74 Å². The predicted molar refractivity (Wildman–Crippen MR) is 142 cm³/mol. The van der Waals surface area contributed by atoms with E-state index in [0.717, 1.165) is 23.8 Å². The molecule has 0 aliphatic rings. The summed E-state index contributed by atoms with van der Waals surface area (Å²) in [6.07, 6.45) is 20.7. The number of pyridine rings is 1. The minimum atomic E-state index is 0.819.